The monoisotopic (exact) mass is 474 g/mol. The second kappa shape index (κ2) is 7.28. The quantitative estimate of drug-likeness (QED) is 0.432. The first-order valence-electron chi connectivity index (χ1n) is 9.57. The molecule has 0 atom stereocenters. The second-order valence-corrected chi connectivity index (χ2v) is 9.34. The number of benzene rings is 1. The minimum Gasteiger partial charge on any atom is -0.496 e. The fourth-order valence-electron chi connectivity index (χ4n) is 3.44. The maximum Gasteiger partial charge on any atom is 0.330 e. The number of aromatic amines is 1. The van der Waals surface area contributed by atoms with Gasteiger partial charge in [0.15, 0.2) is 5.65 Å². The average molecular weight is 475 g/mol. The molecule has 29 heavy (non-hydrogen) atoms. The molecule has 0 spiro atoms. The van der Waals surface area contributed by atoms with E-state index >= 15 is 0 Å². The molecule has 0 aliphatic heterocycles. The van der Waals surface area contributed by atoms with Crippen molar-refractivity contribution in [2.75, 3.05) is 7.11 Å². The van der Waals surface area contributed by atoms with Crippen LogP contribution in [0.1, 0.15) is 49.0 Å². The van der Waals surface area contributed by atoms with Crippen LogP contribution in [-0.2, 0) is 5.75 Å². The van der Waals surface area contributed by atoms with Crippen molar-refractivity contribution in [1.29, 1.82) is 0 Å². The van der Waals surface area contributed by atoms with Gasteiger partial charge >= 0.3 is 5.69 Å². The summed E-state index contributed by atoms with van der Waals surface area (Å²) in [5, 5.41) is 1.02. The number of halogens is 1. The van der Waals surface area contributed by atoms with Crippen LogP contribution in [-0.4, -0.2) is 26.6 Å². The summed E-state index contributed by atoms with van der Waals surface area (Å²) in [5.41, 5.74) is 0.670. The first-order valence-corrected chi connectivity index (χ1v) is 11.3. The minimum atomic E-state index is -0.423. The first kappa shape index (κ1) is 18.9. The van der Waals surface area contributed by atoms with Gasteiger partial charge in [-0.25, -0.2) is 14.8 Å². The summed E-state index contributed by atoms with van der Waals surface area (Å²) in [6.07, 6.45) is 3.96. The van der Waals surface area contributed by atoms with Crippen molar-refractivity contribution in [3.8, 4) is 5.75 Å². The molecule has 1 aromatic carbocycles. The van der Waals surface area contributed by atoms with Crippen LogP contribution in [0.5, 0.6) is 5.75 Å². The molecule has 3 aromatic rings. The molecule has 2 fully saturated rings. The Morgan fingerprint density at radius 1 is 1.24 bits per heavy atom. The van der Waals surface area contributed by atoms with E-state index in [0.29, 0.717) is 27.7 Å². The Morgan fingerprint density at radius 2 is 2.03 bits per heavy atom. The minimum absolute atomic E-state index is 0.117. The van der Waals surface area contributed by atoms with Crippen LogP contribution < -0.4 is 16.0 Å². The van der Waals surface area contributed by atoms with Gasteiger partial charge in [-0.3, -0.25) is 14.3 Å². The Bertz CT molecular complexity index is 1230. The summed E-state index contributed by atoms with van der Waals surface area (Å²) in [4.78, 5) is 37.0. The average Bonchev–Trinajstić information content (AvgIpc) is 3.59. The van der Waals surface area contributed by atoms with Crippen LogP contribution in [0.25, 0.3) is 11.0 Å². The normalized spacial score (nSPS) is 16.3. The maximum absolute atomic E-state index is 12.7. The third kappa shape index (κ3) is 3.61. The standard InChI is InChI=1S/C20H19BrN4O3S/c1-28-14-7-4-12(21)8-11(14)9-29-19-15-17(22-16(23-19)10-2-3-10)25(13-5-6-13)20(27)24-18(15)26/h4,7-8,10,13H,2-3,5-6,9H2,1H3,(H,24,26,27). The van der Waals surface area contributed by atoms with Gasteiger partial charge in [0.1, 0.15) is 22.0 Å². The fraction of sp³-hybridized carbons (Fsp3) is 0.400. The van der Waals surface area contributed by atoms with E-state index in [-0.39, 0.29) is 11.7 Å². The molecule has 2 saturated carbocycles. The molecular weight excluding hydrogens is 456 g/mol. The summed E-state index contributed by atoms with van der Waals surface area (Å²) in [6, 6.07) is 5.95. The van der Waals surface area contributed by atoms with Crippen molar-refractivity contribution in [2.45, 2.75) is 48.4 Å². The second-order valence-electron chi connectivity index (χ2n) is 7.47. The molecule has 150 valence electrons. The summed E-state index contributed by atoms with van der Waals surface area (Å²) < 4.78 is 8.07. The van der Waals surface area contributed by atoms with Crippen LogP contribution in [0.2, 0.25) is 0 Å². The Morgan fingerprint density at radius 3 is 2.72 bits per heavy atom. The highest BCUT2D eigenvalue weighted by molar-refractivity contribution is 9.10. The van der Waals surface area contributed by atoms with E-state index in [0.717, 1.165) is 47.3 Å². The van der Waals surface area contributed by atoms with E-state index in [1.54, 1.807) is 11.7 Å². The maximum atomic E-state index is 12.7. The van der Waals surface area contributed by atoms with E-state index in [2.05, 4.69) is 25.9 Å². The van der Waals surface area contributed by atoms with Gasteiger partial charge < -0.3 is 4.74 Å². The van der Waals surface area contributed by atoms with Crippen molar-refractivity contribution < 1.29 is 4.74 Å². The van der Waals surface area contributed by atoms with Crippen LogP contribution >= 0.6 is 27.7 Å². The third-order valence-electron chi connectivity index (χ3n) is 5.23. The molecular formula is C20H19BrN4O3S. The zero-order valence-corrected chi connectivity index (χ0v) is 18.2. The lowest BCUT2D eigenvalue weighted by molar-refractivity contribution is 0.411. The van der Waals surface area contributed by atoms with Crippen molar-refractivity contribution in [3.63, 3.8) is 0 Å². The lowest BCUT2D eigenvalue weighted by Gasteiger charge is -2.13. The SMILES string of the molecule is COc1ccc(Br)cc1CSc1nc(C2CC2)nc2c1c(=O)[nH]c(=O)n2C1CC1. The number of hydrogen-bond acceptors (Lipinski definition) is 6. The molecule has 0 bridgehead atoms. The molecule has 0 saturated heterocycles. The third-order valence-corrected chi connectivity index (χ3v) is 6.75. The number of thioether (sulfide) groups is 1. The molecule has 2 aliphatic rings. The number of hydrogen-bond donors (Lipinski definition) is 1. The fourth-order valence-corrected chi connectivity index (χ4v) is 4.85. The molecule has 9 heteroatoms. The van der Waals surface area contributed by atoms with Gasteiger partial charge in [0, 0.05) is 27.7 Å². The highest BCUT2D eigenvalue weighted by Crippen LogP contribution is 2.41. The van der Waals surface area contributed by atoms with E-state index < -0.39 is 5.56 Å². The molecule has 7 nitrogen and oxygen atoms in total. The zero-order valence-electron chi connectivity index (χ0n) is 15.8. The van der Waals surface area contributed by atoms with E-state index in [4.69, 9.17) is 9.72 Å². The molecule has 1 N–H and O–H groups in total. The molecule has 2 heterocycles. The Kier molecular flexibility index (Phi) is 4.74. The van der Waals surface area contributed by atoms with Gasteiger partial charge in [0.05, 0.1) is 7.11 Å². The number of fused-ring (bicyclic) bond motifs is 1. The molecule has 2 aromatic heterocycles. The van der Waals surface area contributed by atoms with Crippen molar-refractivity contribution in [3.05, 3.63) is 54.9 Å². The molecule has 0 amide bonds. The summed E-state index contributed by atoms with van der Waals surface area (Å²) in [5.74, 6) is 2.42. The number of nitrogens with zero attached hydrogens (tertiary/aromatic N) is 3. The molecule has 5 rings (SSSR count). The topological polar surface area (TPSA) is 89.9 Å². The first-order chi connectivity index (χ1) is 14.0. The summed E-state index contributed by atoms with van der Waals surface area (Å²) in [6.45, 7) is 0. The highest BCUT2D eigenvalue weighted by Gasteiger charge is 2.32. The number of H-pyrrole nitrogens is 1. The lowest BCUT2D eigenvalue weighted by Crippen LogP contribution is -2.31. The largest absolute Gasteiger partial charge is 0.496 e. The van der Waals surface area contributed by atoms with Crippen LogP contribution in [0.3, 0.4) is 0 Å². The van der Waals surface area contributed by atoms with E-state index in [9.17, 15) is 9.59 Å². The number of aromatic nitrogens is 4. The van der Waals surface area contributed by atoms with Crippen LogP contribution in [0.15, 0.2) is 37.3 Å². The van der Waals surface area contributed by atoms with Gasteiger partial charge in [0.2, 0.25) is 0 Å². The Labute approximate surface area is 179 Å². The highest BCUT2D eigenvalue weighted by atomic mass is 79.9. The number of rotatable bonds is 6. The molecule has 0 radical (unpaired) electrons. The Balaban J connectivity index is 1.63. The van der Waals surface area contributed by atoms with Gasteiger partial charge in [0.25, 0.3) is 5.56 Å². The van der Waals surface area contributed by atoms with E-state index in [1.807, 2.05) is 18.2 Å². The number of methoxy groups -OCH3 is 1. The number of ether oxygens (including phenoxy) is 1. The Hall–Kier alpha value is -2.13. The van der Waals surface area contributed by atoms with Gasteiger partial charge in [-0.05, 0) is 43.9 Å². The van der Waals surface area contributed by atoms with Crippen molar-refractivity contribution >= 4 is 38.7 Å². The van der Waals surface area contributed by atoms with Crippen LogP contribution in [0, 0.1) is 0 Å². The smallest absolute Gasteiger partial charge is 0.330 e. The van der Waals surface area contributed by atoms with Gasteiger partial charge in [-0.1, -0.05) is 15.9 Å². The predicted octanol–water partition coefficient (Wildman–Crippen LogP) is 3.76. The zero-order chi connectivity index (χ0) is 20.1. The van der Waals surface area contributed by atoms with Crippen molar-refractivity contribution in [2.24, 2.45) is 0 Å². The number of nitrogens with one attached hydrogen (secondary N) is 1. The predicted molar refractivity (Wildman–Crippen MR) is 115 cm³/mol. The van der Waals surface area contributed by atoms with E-state index in [1.165, 1.54) is 11.8 Å². The lowest BCUT2D eigenvalue weighted by atomic mass is 10.2. The van der Waals surface area contributed by atoms with Crippen LogP contribution in [0.4, 0.5) is 0 Å². The summed E-state index contributed by atoms with van der Waals surface area (Å²) >= 11 is 4.97. The summed E-state index contributed by atoms with van der Waals surface area (Å²) in [7, 11) is 1.64. The molecule has 2 aliphatic carbocycles. The van der Waals surface area contributed by atoms with Crippen molar-refractivity contribution in [1.82, 2.24) is 19.5 Å². The van der Waals surface area contributed by atoms with Gasteiger partial charge in [-0.15, -0.1) is 11.8 Å². The van der Waals surface area contributed by atoms with Gasteiger partial charge in [-0.2, -0.15) is 0 Å². The molecule has 0 unspecified atom stereocenters.